The van der Waals surface area contributed by atoms with Gasteiger partial charge in [0.25, 0.3) is 0 Å². The van der Waals surface area contributed by atoms with E-state index < -0.39 is 11.9 Å². The first kappa shape index (κ1) is 15.0. The van der Waals surface area contributed by atoms with E-state index in [1.54, 1.807) is 0 Å². The molecule has 0 atom stereocenters. The second-order valence-electron chi connectivity index (χ2n) is 4.71. The molecule has 0 spiro atoms. The van der Waals surface area contributed by atoms with Gasteiger partial charge in [0.2, 0.25) is 0 Å². The fourth-order valence-electron chi connectivity index (χ4n) is 2.23. The summed E-state index contributed by atoms with van der Waals surface area (Å²) >= 11 is 0. The number of alkyl halides is 3. The number of aliphatic hydroxyl groups excluding tert-OH is 1. The molecular formula is C12H17F3N4O. The van der Waals surface area contributed by atoms with E-state index in [1.165, 1.54) is 6.07 Å². The molecule has 1 fully saturated rings. The van der Waals surface area contributed by atoms with E-state index >= 15 is 0 Å². The van der Waals surface area contributed by atoms with Crippen molar-refractivity contribution in [2.75, 3.05) is 31.1 Å². The summed E-state index contributed by atoms with van der Waals surface area (Å²) in [5.74, 6) is 0.471. The second-order valence-corrected chi connectivity index (χ2v) is 4.71. The molecule has 1 aromatic rings. The van der Waals surface area contributed by atoms with E-state index in [0.29, 0.717) is 31.5 Å². The summed E-state index contributed by atoms with van der Waals surface area (Å²) in [5.41, 5.74) is -0.972. The Morgan fingerprint density at radius 2 is 1.95 bits per heavy atom. The average Bonchev–Trinajstić information content (AvgIpc) is 2.45. The molecule has 0 saturated carbocycles. The van der Waals surface area contributed by atoms with E-state index in [-0.39, 0.29) is 6.61 Å². The summed E-state index contributed by atoms with van der Waals surface area (Å²) in [7, 11) is 0. The molecule has 2 rings (SSSR count). The minimum atomic E-state index is -4.45. The topological polar surface area (TPSA) is 61.3 Å². The number of aliphatic hydroxyl groups is 1. The molecule has 0 radical (unpaired) electrons. The predicted molar refractivity (Wildman–Crippen MR) is 67.4 cm³/mol. The van der Waals surface area contributed by atoms with Gasteiger partial charge in [-0.05, 0) is 25.0 Å². The van der Waals surface area contributed by atoms with Gasteiger partial charge in [-0.1, -0.05) is 0 Å². The van der Waals surface area contributed by atoms with Crippen molar-refractivity contribution in [3.8, 4) is 0 Å². The molecule has 0 aliphatic carbocycles. The number of piperidine rings is 1. The molecule has 1 aliphatic heterocycles. The van der Waals surface area contributed by atoms with Gasteiger partial charge in [-0.15, -0.1) is 10.2 Å². The Balaban J connectivity index is 1.90. The van der Waals surface area contributed by atoms with Gasteiger partial charge in [-0.2, -0.15) is 13.2 Å². The van der Waals surface area contributed by atoms with Gasteiger partial charge in [0.05, 0.1) is 6.61 Å². The van der Waals surface area contributed by atoms with Gasteiger partial charge in [0.15, 0.2) is 11.5 Å². The highest BCUT2D eigenvalue weighted by atomic mass is 19.4. The lowest BCUT2D eigenvalue weighted by molar-refractivity contribution is -0.141. The van der Waals surface area contributed by atoms with Crippen molar-refractivity contribution in [1.29, 1.82) is 0 Å². The number of rotatable bonds is 4. The molecule has 5 nitrogen and oxygen atoms in total. The maximum atomic E-state index is 12.4. The van der Waals surface area contributed by atoms with Crippen LogP contribution in [0.5, 0.6) is 0 Å². The molecule has 0 amide bonds. The molecule has 2 heterocycles. The molecule has 2 N–H and O–H groups in total. The van der Waals surface area contributed by atoms with Gasteiger partial charge in [0.1, 0.15) is 0 Å². The summed E-state index contributed by atoms with van der Waals surface area (Å²) in [6.07, 6.45) is -2.72. The molecule has 1 aliphatic rings. The third-order valence-corrected chi connectivity index (χ3v) is 3.30. The number of hydrogen-bond donors (Lipinski definition) is 2. The Labute approximate surface area is 114 Å². The quantitative estimate of drug-likeness (QED) is 0.868. The van der Waals surface area contributed by atoms with Crippen LogP contribution in [0, 0.1) is 0 Å². The van der Waals surface area contributed by atoms with Crippen LogP contribution in [-0.2, 0) is 6.18 Å². The zero-order valence-corrected chi connectivity index (χ0v) is 10.9. The summed E-state index contributed by atoms with van der Waals surface area (Å²) in [6.45, 7) is 2.08. The first-order chi connectivity index (χ1) is 9.50. The number of nitrogens with zero attached hydrogens (tertiary/aromatic N) is 3. The molecule has 112 valence electrons. The van der Waals surface area contributed by atoms with Gasteiger partial charge in [-0.3, -0.25) is 0 Å². The Hall–Kier alpha value is -1.41. The fourth-order valence-corrected chi connectivity index (χ4v) is 2.23. The van der Waals surface area contributed by atoms with Crippen LogP contribution in [0.15, 0.2) is 12.1 Å². The predicted octanol–water partition coefficient (Wildman–Crippen LogP) is 1.05. The van der Waals surface area contributed by atoms with Crippen LogP contribution in [0.3, 0.4) is 0 Å². The highest BCUT2D eigenvalue weighted by Crippen LogP contribution is 2.28. The third kappa shape index (κ3) is 3.80. The minimum Gasteiger partial charge on any atom is -0.395 e. The monoisotopic (exact) mass is 290 g/mol. The minimum absolute atomic E-state index is 0.102. The highest BCUT2D eigenvalue weighted by Gasteiger charge is 2.33. The van der Waals surface area contributed by atoms with Crippen molar-refractivity contribution in [3.63, 3.8) is 0 Å². The third-order valence-electron chi connectivity index (χ3n) is 3.30. The highest BCUT2D eigenvalue weighted by molar-refractivity contribution is 5.38. The van der Waals surface area contributed by atoms with Crippen LogP contribution in [0.25, 0.3) is 0 Å². The summed E-state index contributed by atoms with van der Waals surface area (Å²) < 4.78 is 37.2. The van der Waals surface area contributed by atoms with Crippen LogP contribution in [0.1, 0.15) is 18.5 Å². The van der Waals surface area contributed by atoms with Crippen molar-refractivity contribution in [1.82, 2.24) is 15.5 Å². The first-order valence-corrected chi connectivity index (χ1v) is 6.51. The van der Waals surface area contributed by atoms with E-state index in [0.717, 1.165) is 18.9 Å². The number of hydrogen-bond acceptors (Lipinski definition) is 5. The van der Waals surface area contributed by atoms with E-state index in [2.05, 4.69) is 15.5 Å². The Bertz CT molecular complexity index is 416. The fraction of sp³-hybridized carbons (Fsp3) is 0.667. The SMILES string of the molecule is OCCNC1CCN(c2ccc(C(F)(F)F)nn2)CC1. The van der Waals surface area contributed by atoms with Crippen molar-refractivity contribution >= 4 is 5.82 Å². The Morgan fingerprint density at radius 1 is 1.25 bits per heavy atom. The molecular weight excluding hydrogens is 273 g/mol. The molecule has 0 bridgehead atoms. The van der Waals surface area contributed by atoms with E-state index in [4.69, 9.17) is 5.11 Å². The lowest BCUT2D eigenvalue weighted by Gasteiger charge is -2.32. The maximum absolute atomic E-state index is 12.4. The van der Waals surface area contributed by atoms with Crippen LogP contribution < -0.4 is 10.2 Å². The zero-order chi connectivity index (χ0) is 14.6. The Morgan fingerprint density at radius 3 is 2.45 bits per heavy atom. The average molecular weight is 290 g/mol. The molecule has 20 heavy (non-hydrogen) atoms. The lowest BCUT2D eigenvalue weighted by atomic mass is 10.1. The zero-order valence-electron chi connectivity index (χ0n) is 10.9. The molecule has 0 unspecified atom stereocenters. The van der Waals surface area contributed by atoms with Gasteiger partial charge in [-0.25, -0.2) is 0 Å². The summed E-state index contributed by atoms with van der Waals surface area (Å²) in [5, 5.41) is 18.8. The van der Waals surface area contributed by atoms with E-state index in [9.17, 15) is 13.2 Å². The van der Waals surface area contributed by atoms with Crippen LogP contribution in [0.4, 0.5) is 19.0 Å². The smallest absolute Gasteiger partial charge is 0.395 e. The summed E-state index contributed by atoms with van der Waals surface area (Å²) in [4.78, 5) is 1.92. The maximum Gasteiger partial charge on any atom is 0.435 e. The van der Waals surface area contributed by atoms with Gasteiger partial charge >= 0.3 is 6.18 Å². The standard InChI is InChI=1S/C12H17F3N4O/c13-12(14,15)10-1-2-11(18-17-10)19-6-3-9(4-7-19)16-5-8-20/h1-2,9,16,20H,3-8H2. The molecule has 0 aromatic carbocycles. The number of anilines is 1. The molecule has 1 saturated heterocycles. The number of nitrogens with one attached hydrogen (secondary N) is 1. The summed E-state index contributed by atoms with van der Waals surface area (Å²) in [6, 6.07) is 2.65. The number of aromatic nitrogens is 2. The largest absolute Gasteiger partial charge is 0.435 e. The first-order valence-electron chi connectivity index (χ1n) is 6.51. The normalized spacial score (nSPS) is 17.5. The van der Waals surface area contributed by atoms with Gasteiger partial charge < -0.3 is 15.3 Å². The van der Waals surface area contributed by atoms with Crippen molar-refractivity contribution in [3.05, 3.63) is 17.8 Å². The number of halogens is 3. The Kier molecular flexibility index (Phi) is 4.77. The van der Waals surface area contributed by atoms with Crippen molar-refractivity contribution in [2.45, 2.75) is 25.1 Å². The van der Waals surface area contributed by atoms with Crippen LogP contribution >= 0.6 is 0 Å². The molecule has 1 aromatic heterocycles. The molecule has 8 heteroatoms. The van der Waals surface area contributed by atoms with Crippen molar-refractivity contribution < 1.29 is 18.3 Å². The van der Waals surface area contributed by atoms with Crippen LogP contribution in [0.2, 0.25) is 0 Å². The van der Waals surface area contributed by atoms with Crippen LogP contribution in [-0.4, -0.2) is 47.6 Å². The van der Waals surface area contributed by atoms with Gasteiger partial charge in [0, 0.05) is 25.7 Å². The second kappa shape index (κ2) is 6.36. The van der Waals surface area contributed by atoms with Crippen molar-refractivity contribution in [2.24, 2.45) is 0 Å². The van der Waals surface area contributed by atoms with E-state index in [1.807, 2.05) is 4.90 Å². The lowest BCUT2D eigenvalue weighted by Crippen LogP contribution is -2.43.